The molecule has 1 unspecified atom stereocenters. The zero-order chi connectivity index (χ0) is 19.3. The standard InChI is InChI=1S/C21H33NO3S/c1-6-11-22(12-10-19(23)25-7-2)20(24)17-14-26-18-13-15(21(3,4)5)8-9-16(17)18/h14-15H,6-13H2,1-5H3. The van der Waals surface area contributed by atoms with Crippen molar-refractivity contribution in [2.24, 2.45) is 11.3 Å². The zero-order valence-electron chi connectivity index (χ0n) is 16.9. The van der Waals surface area contributed by atoms with Gasteiger partial charge in [0.1, 0.15) is 0 Å². The first kappa shape index (κ1) is 20.9. The van der Waals surface area contributed by atoms with Crippen LogP contribution in [0.2, 0.25) is 0 Å². The summed E-state index contributed by atoms with van der Waals surface area (Å²) < 4.78 is 5.00. The molecule has 0 bridgehead atoms. The number of esters is 1. The molecule has 1 atom stereocenters. The first-order valence-corrected chi connectivity index (χ1v) is 10.7. The summed E-state index contributed by atoms with van der Waals surface area (Å²) in [5, 5.41) is 2.03. The predicted octanol–water partition coefficient (Wildman–Crippen LogP) is 4.70. The van der Waals surface area contributed by atoms with Gasteiger partial charge in [0.05, 0.1) is 18.6 Å². The molecule has 0 radical (unpaired) electrons. The quantitative estimate of drug-likeness (QED) is 0.645. The normalized spacial score (nSPS) is 16.9. The number of hydrogen-bond acceptors (Lipinski definition) is 4. The maximum atomic E-state index is 13.1. The number of thiophene rings is 1. The summed E-state index contributed by atoms with van der Waals surface area (Å²) >= 11 is 1.73. The van der Waals surface area contributed by atoms with Crippen LogP contribution in [0.3, 0.4) is 0 Å². The molecule has 0 saturated heterocycles. The molecule has 1 amide bonds. The molecule has 26 heavy (non-hydrogen) atoms. The van der Waals surface area contributed by atoms with Crippen molar-refractivity contribution in [1.82, 2.24) is 4.90 Å². The van der Waals surface area contributed by atoms with Crippen molar-refractivity contribution in [3.8, 4) is 0 Å². The van der Waals surface area contributed by atoms with E-state index in [2.05, 4.69) is 27.7 Å². The average molecular weight is 380 g/mol. The second kappa shape index (κ2) is 9.03. The molecule has 1 heterocycles. The molecule has 1 aliphatic carbocycles. The van der Waals surface area contributed by atoms with Crippen molar-refractivity contribution in [1.29, 1.82) is 0 Å². The molecule has 146 valence electrons. The number of nitrogens with zero attached hydrogens (tertiary/aromatic N) is 1. The maximum Gasteiger partial charge on any atom is 0.307 e. The number of rotatable bonds is 7. The lowest BCUT2D eigenvalue weighted by Gasteiger charge is -2.34. The molecular formula is C21H33NO3S. The number of carbonyl (C=O) groups excluding carboxylic acids is 2. The second-order valence-corrected chi connectivity index (χ2v) is 9.17. The van der Waals surface area contributed by atoms with Crippen LogP contribution in [0.15, 0.2) is 5.38 Å². The first-order valence-electron chi connectivity index (χ1n) is 9.82. The zero-order valence-corrected chi connectivity index (χ0v) is 17.7. The summed E-state index contributed by atoms with van der Waals surface area (Å²) in [6.45, 7) is 12.3. The SMILES string of the molecule is CCCN(CCC(=O)OCC)C(=O)c1csc2c1CCC(C(C)(C)C)C2. The van der Waals surface area contributed by atoms with Gasteiger partial charge in [-0.05, 0) is 49.5 Å². The molecule has 1 aliphatic rings. The van der Waals surface area contributed by atoms with E-state index in [0.717, 1.165) is 31.2 Å². The Morgan fingerprint density at radius 3 is 2.62 bits per heavy atom. The van der Waals surface area contributed by atoms with Crippen LogP contribution in [-0.4, -0.2) is 36.5 Å². The summed E-state index contributed by atoms with van der Waals surface area (Å²) in [5.41, 5.74) is 2.41. The van der Waals surface area contributed by atoms with Crippen molar-refractivity contribution < 1.29 is 14.3 Å². The van der Waals surface area contributed by atoms with E-state index in [1.54, 1.807) is 18.3 Å². The van der Waals surface area contributed by atoms with Crippen LogP contribution in [0.5, 0.6) is 0 Å². The molecule has 4 nitrogen and oxygen atoms in total. The van der Waals surface area contributed by atoms with Crippen LogP contribution in [0, 0.1) is 11.3 Å². The fraction of sp³-hybridized carbons (Fsp3) is 0.714. The van der Waals surface area contributed by atoms with Gasteiger partial charge in [0.15, 0.2) is 0 Å². The van der Waals surface area contributed by atoms with Gasteiger partial charge in [-0.3, -0.25) is 9.59 Å². The summed E-state index contributed by atoms with van der Waals surface area (Å²) in [6.07, 6.45) is 4.35. The minimum atomic E-state index is -0.234. The van der Waals surface area contributed by atoms with Gasteiger partial charge in [-0.25, -0.2) is 0 Å². The molecule has 0 saturated carbocycles. The third-order valence-corrected chi connectivity index (χ3v) is 6.33. The Labute approximate surface area is 161 Å². The lowest BCUT2D eigenvalue weighted by molar-refractivity contribution is -0.143. The summed E-state index contributed by atoms with van der Waals surface area (Å²) in [5.74, 6) is 0.511. The maximum absolute atomic E-state index is 13.1. The monoisotopic (exact) mass is 379 g/mol. The highest BCUT2D eigenvalue weighted by Crippen LogP contribution is 2.40. The van der Waals surface area contributed by atoms with E-state index in [4.69, 9.17) is 4.74 Å². The predicted molar refractivity (Wildman–Crippen MR) is 107 cm³/mol. The minimum Gasteiger partial charge on any atom is -0.466 e. The van der Waals surface area contributed by atoms with E-state index in [-0.39, 0.29) is 18.3 Å². The number of hydrogen-bond donors (Lipinski definition) is 0. The van der Waals surface area contributed by atoms with E-state index in [9.17, 15) is 9.59 Å². The highest BCUT2D eigenvalue weighted by Gasteiger charge is 2.32. The summed E-state index contributed by atoms with van der Waals surface area (Å²) in [7, 11) is 0. The van der Waals surface area contributed by atoms with Gasteiger partial charge >= 0.3 is 5.97 Å². The van der Waals surface area contributed by atoms with Crippen LogP contribution >= 0.6 is 11.3 Å². The molecular weight excluding hydrogens is 346 g/mol. The van der Waals surface area contributed by atoms with Crippen molar-refractivity contribution in [3.63, 3.8) is 0 Å². The molecule has 1 aromatic rings. The molecule has 0 N–H and O–H groups in total. The first-order chi connectivity index (χ1) is 12.3. The lowest BCUT2D eigenvalue weighted by atomic mass is 9.72. The van der Waals surface area contributed by atoms with Crippen molar-refractivity contribution in [3.05, 3.63) is 21.4 Å². The Bertz CT molecular complexity index is 630. The van der Waals surface area contributed by atoms with Crippen LogP contribution < -0.4 is 0 Å². The minimum absolute atomic E-state index is 0.0721. The van der Waals surface area contributed by atoms with E-state index < -0.39 is 0 Å². The lowest BCUT2D eigenvalue weighted by Crippen LogP contribution is -2.35. The molecule has 1 aromatic heterocycles. The van der Waals surface area contributed by atoms with Crippen LogP contribution in [-0.2, 0) is 22.4 Å². The largest absolute Gasteiger partial charge is 0.466 e. The fourth-order valence-electron chi connectivity index (χ4n) is 3.65. The fourth-order valence-corrected chi connectivity index (χ4v) is 4.80. The Balaban J connectivity index is 2.10. The highest BCUT2D eigenvalue weighted by molar-refractivity contribution is 7.10. The molecule has 0 aliphatic heterocycles. The second-order valence-electron chi connectivity index (χ2n) is 8.20. The van der Waals surface area contributed by atoms with Crippen LogP contribution in [0.1, 0.15) is 74.7 Å². The van der Waals surface area contributed by atoms with E-state index in [0.29, 0.717) is 31.0 Å². The third-order valence-electron chi connectivity index (χ3n) is 5.28. The molecule has 0 fully saturated rings. The van der Waals surface area contributed by atoms with Gasteiger partial charge in [-0.2, -0.15) is 0 Å². The Morgan fingerprint density at radius 2 is 2.00 bits per heavy atom. The Kier molecular flexibility index (Phi) is 7.27. The summed E-state index contributed by atoms with van der Waals surface area (Å²) in [6, 6.07) is 0. The topological polar surface area (TPSA) is 46.6 Å². The molecule has 0 spiro atoms. The number of amides is 1. The van der Waals surface area contributed by atoms with Crippen LogP contribution in [0.4, 0.5) is 0 Å². The highest BCUT2D eigenvalue weighted by atomic mass is 32.1. The van der Waals surface area contributed by atoms with Gasteiger partial charge in [0, 0.05) is 23.3 Å². The Hall–Kier alpha value is -1.36. The average Bonchev–Trinajstić information content (AvgIpc) is 3.00. The molecule has 0 aromatic carbocycles. The van der Waals surface area contributed by atoms with Crippen molar-refractivity contribution in [2.45, 2.75) is 66.7 Å². The third kappa shape index (κ3) is 5.09. The number of fused-ring (bicyclic) bond motifs is 1. The van der Waals surface area contributed by atoms with Crippen LogP contribution in [0.25, 0.3) is 0 Å². The number of ether oxygens (including phenoxy) is 1. The van der Waals surface area contributed by atoms with Gasteiger partial charge < -0.3 is 9.64 Å². The van der Waals surface area contributed by atoms with Gasteiger partial charge in [0.25, 0.3) is 5.91 Å². The molecule has 2 rings (SSSR count). The van der Waals surface area contributed by atoms with Gasteiger partial charge in [0.2, 0.25) is 0 Å². The van der Waals surface area contributed by atoms with E-state index in [1.165, 1.54) is 10.4 Å². The van der Waals surface area contributed by atoms with Crippen molar-refractivity contribution in [2.75, 3.05) is 19.7 Å². The van der Waals surface area contributed by atoms with Gasteiger partial charge in [-0.15, -0.1) is 11.3 Å². The van der Waals surface area contributed by atoms with E-state index >= 15 is 0 Å². The van der Waals surface area contributed by atoms with E-state index in [1.807, 2.05) is 10.3 Å². The molecule has 5 heteroatoms. The number of carbonyl (C=O) groups is 2. The summed E-state index contributed by atoms with van der Waals surface area (Å²) in [4.78, 5) is 28.0. The van der Waals surface area contributed by atoms with Crippen molar-refractivity contribution >= 4 is 23.2 Å². The smallest absolute Gasteiger partial charge is 0.307 e. The van der Waals surface area contributed by atoms with Gasteiger partial charge in [-0.1, -0.05) is 27.7 Å². The Morgan fingerprint density at radius 1 is 1.27 bits per heavy atom.